The molecule has 156 valence electrons. The molecule has 0 radical (unpaired) electrons. The summed E-state index contributed by atoms with van der Waals surface area (Å²) in [7, 11) is 0. The molecule has 0 N–H and O–H groups in total. The van der Waals surface area contributed by atoms with E-state index in [1.54, 1.807) is 30.2 Å². The third-order valence-corrected chi connectivity index (χ3v) is 6.99. The predicted molar refractivity (Wildman–Crippen MR) is 126 cm³/mol. The number of para-hydroxylation sites is 2. The number of hydrogen-bond acceptors (Lipinski definition) is 3. The molecule has 1 amide bonds. The lowest BCUT2D eigenvalue weighted by atomic mass is 10.2. The summed E-state index contributed by atoms with van der Waals surface area (Å²) in [5.74, 6) is -0.258. The van der Waals surface area contributed by atoms with E-state index in [2.05, 4.69) is 9.55 Å². The molecule has 0 unspecified atom stereocenters. The monoisotopic (exact) mass is 439 g/mol. The van der Waals surface area contributed by atoms with Gasteiger partial charge in [0.1, 0.15) is 5.82 Å². The highest BCUT2D eigenvalue weighted by Crippen LogP contribution is 2.48. The number of aromatic nitrogens is 2. The molecule has 4 nitrogen and oxygen atoms in total. The second-order valence-corrected chi connectivity index (χ2v) is 8.81. The van der Waals surface area contributed by atoms with Gasteiger partial charge in [-0.1, -0.05) is 36.0 Å². The zero-order chi connectivity index (χ0) is 21.7. The highest BCUT2D eigenvalue weighted by atomic mass is 32.2. The van der Waals surface area contributed by atoms with E-state index in [-0.39, 0.29) is 11.7 Å². The molecule has 6 heteroatoms. The molecule has 1 aliphatic rings. The molecular weight excluding hydrogens is 421 g/mol. The first-order valence-corrected chi connectivity index (χ1v) is 11.2. The SMILES string of the molecule is O=C(CCn1c2ccncc2c2cc(F)ccc21)N1c2ccccc2Sc2ccccc21. The van der Waals surface area contributed by atoms with E-state index in [1.165, 1.54) is 12.1 Å². The van der Waals surface area contributed by atoms with E-state index >= 15 is 0 Å². The van der Waals surface area contributed by atoms with Crippen LogP contribution in [-0.4, -0.2) is 15.5 Å². The van der Waals surface area contributed by atoms with Crippen molar-refractivity contribution in [1.29, 1.82) is 0 Å². The van der Waals surface area contributed by atoms with Crippen LogP contribution in [0.1, 0.15) is 6.42 Å². The fraction of sp³-hybridized carbons (Fsp3) is 0.0769. The number of hydrogen-bond donors (Lipinski definition) is 0. The first-order valence-electron chi connectivity index (χ1n) is 10.4. The maximum Gasteiger partial charge on any atom is 0.233 e. The Morgan fingerprint density at radius 1 is 0.875 bits per heavy atom. The van der Waals surface area contributed by atoms with Crippen molar-refractivity contribution >= 4 is 50.8 Å². The smallest absolute Gasteiger partial charge is 0.233 e. The highest BCUT2D eigenvalue weighted by molar-refractivity contribution is 7.99. The van der Waals surface area contributed by atoms with Crippen LogP contribution < -0.4 is 4.90 Å². The van der Waals surface area contributed by atoms with Crippen molar-refractivity contribution in [2.45, 2.75) is 22.8 Å². The van der Waals surface area contributed by atoms with Gasteiger partial charge >= 0.3 is 0 Å². The van der Waals surface area contributed by atoms with Gasteiger partial charge in [-0.3, -0.25) is 14.7 Å². The molecule has 3 heterocycles. The van der Waals surface area contributed by atoms with Crippen molar-refractivity contribution in [2.75, 3.05) is 4.90 Å². The van der Waals surface area contributed by atoms with E-state index in [1.807, 2.05) is 59.5 Å². The predicted octanol–water partition coefficient (Wildman–Crippen LogP) is 6.55. The molecule has 32 heavy (non-hydrogen) atoms. The van der Waals surface area contributed by atoms with Crippen molar-refractivity contribution < 1.29 is 9.18 Å². The number of amides is 1. The maximum absolute atomic E-state index is 13.9. The number of halogens is 1. The van der Waals surface area contributed by atoms with E-state index < -0.39 is 0 Å². The average molecular weight is 440 g/mol. The van der Waals surface area contributed by atoms with E-state index in [4.69, 9.17) is 0 Å². The van der Waals surface area contributed by atoms with Gasteiger partial charge in [0.05, 0.1) is 16.9 Å². The topological polar surface area (TPSA) is 38.1 Å². The summed E-state index contributed by atoms with van der Waals surface area (Å²) in [6, 6.07) is 22.7. The average Bonchev–Trinajstić information content (AvgIpc) is 3.13. The zero-order valence-corrected chi connectivity index (χ0v) is 17.8. The Kier molecular flexibility index (Phi) is 4.47. The zero-order valence-electron chi connectivity index (χ0n) is 17.0. The molecule has 0 fully saturated rings. The Balaban J connectivity index is 1.39. The third-order valence-electron chi connectivity index (χ3n) is 5.86. The number of carbonyl (C=O) groups is 1. The second-order valence-electron chi connectivity index (χ2n) is 7.72. The van der Waals surface area contributed by atoms with Gasteiger partial charge in [0.2, 0.25) is 5.91 Å². The van der Waals surface area contributed by atoms with Gasteiger partial charge in [0.15, 0.2) is 0 Å². The summed E-state index contributed by atoms with van der Waals surface area (Å²) in [5.41, 5.74) is 3.67. The van der Waals surface area contributed by atoms with E-state index in [9.17, 15) is 9.18 Å². The van der Waals surface area contributed by atoms with E-state index in [0.717, 1.165) is 43.0 Å². The highest BCUT2D eigenvalue weighted by Gasteiger charge is 2.27. The Hall–Kier alpha value is -3.64. The molecule has 0 atom stereocenters. The second kappa shape index (κ2) is 7.50. The van der Waals surface area contributed by atoms with Gasteiger partial charge in [0, 0.05) is 51.4 Å². The molecule has 5 aromatic rings. The lowest BCUT2D eigenvalue weighted by Crippen LogP contribution is -2.29. The fourth-order valence-corrected chi connectivity index (χ4v) is 5.51. The van der Waals surface area contributed by atoms with Crippen molar-refractivity contribution in [3.63, 3.8) is 0 Å². The number of aryl methyl sites for hydroxylation is 1. The molecular formula is C26H18FN3OS. The van der Waals surface area contributed by atoms with Gasteiger partial charge in [-0.2, -0.15) is 0 Å². The summed E-state index contributed by atoms with van der Waals surface area (Å²) < 4.78 is 16.0. The minimum atomic E-state index is -0.282. The standard InChI is InChI=1S/C26H18FN3OS/c27-17-9-10-20-18(15-17)19-16-28-13-11-21(19)29(20)14-12-26(31)30-22-5-1-3-7-24(22)32-25-8-4-2-6-23(25)30/h1-11,13,15-16H,12,14H2. The molecule has 0 aliphatic carbocycles. The maximum atomic E-state index is 13.9. The quantitative estimate of drug-likeness (QED) is 0.320. The van der Waals surface area contributed by atoms with Crippen LogP contribution in [0.4, 0.5) is 15.8 Å². The van der Waals surface area contributed by atoms with Crippen molar-refractivity contribution in [3.8, 4) is 0 Å². The van der Waals surface area contributed by atoms with Crippen LogP contribution in [-0.2, 0) is 11.3 Å². The number of rotatable bonds is 3. The summed E-state index contributed by atoms with van der Waals surface area (Å²) >= 11 is 1.68. The Morgan fingerprint density at radius 3 is 2.31 bits per heavy atom. The minimum Gasteiger partial charge on any atom is -0.340 e. The summed E-state index contributed by atoms with van der Waals surface area (Å²) in [4.78, 5) is 21.8. The number of fused-ring (bicyclic) bond motifs is 5. The normalized spacial score (nSPS) is 12.7. The fourth-order valence-electron chi connectivity index (χ4n) is 4.45. The number of pyridine rings is 1. The minimum absolute atomic E-state index is 0.0244. The summed E-state index contributed by atoms with van der Waals surface area (Å²) in [6.07, 6.45) is 3.79. The van der Waals surface area contributed by atoms with Crippen LogP contribution in [0.25, 0.3) is 21.8 Å². The molecule has 3 aromatic carbocycles. The number of carbonyl (C=O) groups excluding carboxylic acids is 1. The third kappa shape index (κ3) is 2.99. The molecule has 2 aromatic heterocycles. The number of anilines is 2. The van der Waals surface area contributed by atoms with E-state index in [0.29, 0.717) is 13.0 Å². The molecule has 0 bridgehead atoms. The van der Waals surface area contributed by atoms with Gasteiger partial charge in [-0.25, -0.2) is 4.39 Å². The Bertz CT molecular complexity index is 1460. The van der Waals surface area contributed by atoms with Crippen LogP contribution in [0.15, 0.2) is 95.0 Å². The van der Waals surface area contributed by atoms with Crippen LogP contribution in [0.2, 0.25) is 0 Å². The van der Waals surface area contributed by atoms with Crippen molar-refractivity contribution in [2.24, 2.45) is 0 Å². The molecule has 0 saturated heterocycles. The molecule has 6 rings (SSSR count). The first-order chi connectivity index (χ1) is 15.7. The number of nitrogens with zero attached hydrogens (tertiary/aromatic N) is 3. The van der Waals surface area contributed by atoms with Crippen LogP contribution in [0, 0.1) is 5.82 Å². The lowest BCUT2D eigenvalue weighted by molar-refractivity contribution is -0.118. The van der Waals surface area contributed by atoms with Gasteiger partial charge in [0.25, 0.3) is 0 Å². The summed E-state index contributed by atoms with van der Waals surface area (Å²) in [5, 5.41) is 1.70. The van der Waals surface area contributed by atoms with Gasteiger partial charge in [-0.05, 0) is 48.5 Å². The molecule has 0 spiro atoms. The van der Waals surface area contributed by atoms with Crippen molar-refractivity contribution in [1.82, 2.24) is 9.55 Å². The Morgan fingerprint density at radius 2 is 1.56 bits per heavy atom. The number of benzene rings is 3. The van der Waals surface area contributed by atoms with Crippen LogP contribution >= 0.6 is 11.8 Å². The molecule has 0 saturated carbocycles. The van der Waals surface area contributed by atoms with Crippen LogP contribution in [0.5, 0.6) is 0 Å². The lowest BCUT2D eigenvalue weighted by Gasteiger charge is -2.31. The van der Waals surface area contributed by atoms with Crippen LogP contribution in [0.3, 0.4) is 0 Å². The molecule has 1 aliphatic heterocycles. The van der Waals surface area contributed by atoms with Crippen molar-refractivity contribution in [3.05, 3.63) is 91.0 Å². The van der Waals surface area contributed by atoms with Gasteiger partial charge in [-0.15, -0.1) is 0 Å². The first kappa shape index (κ1) is 19.1. The Labute approximate surface area is 188 Å². The largest absolute Gasteiger partial charge is 0.340 e. The summed E-state index contributed by atoms with van der Waals surface area (Å²) in [6.45, 7) is 0.489. The van der Waals surface area contributed by atoms with Gasteiger partial charge < -0.3 is 4.57 Å².